The zero-order valence-corrected chi connectivity index (χ0v) is 12.5. The third kappa shape index (κ3) is 3.22. The summed E-state index contributed by atoms with van der Waals surface area (Å²) in [4.78, 5) is 9.69. The Morgan fingerprint density at radius 3 is 2.80 bits per heavy atom. The SMILES string of the molecule is CN1CCN(CCc2cn3c(n2)CC(CO)CC3)CC1. The fraction of sp³-hybridized carbons (Fsp3) is 0.800. The zero-order valence-electron chi connectivity index (χ0n) is 12.5. The van der Waals surface area contributed by atoms with Crippen molar-refractivity contribution in [1.29, 1.82) is 0 Å². The summed E-state index contributed by atoms with van der Waals surface area (Å²) in [7, 11) is 2.19. The van der Waals surface area contributed by atoms with Gasteiger partial charge in [0.2, 0.25) is 0 Å². The monoisotopic (exact) mass is 278 g/mol. The lowest BCUT2D eigenvalue weighted by molar-refractivity contribution is 0.155. The number of imidazole rings is 1. The minimum absolute atomic E-state index is 0.295. The molecular weight excluding hydrogens is 252 g/mol. The molecule has 1 N–H and O–H groups in total. The van der Waals surface area contributed by atoms with Gasteiger partial charge in [-0.3, -0.25) is 0 Å². The number of likely N-dealkylation sites (N-methyl/N-ethyl adjacent to an activating group) is 1. The highest BCUT2D eigenvalue weighted by Crippen LogP contribution is 2.20. The molecule has 5 nitrogen and oxygen atoms in total. The van der Waals surface area contributed by atoms with Gasteiger partial charge in [-0.15, -0.1) is 0 Å². The van der Waals surface area contributed by atoms with E-state index in [0.717, 1.165) is 32.4 Å². The van der Waals surface area contributed by atoms with Gasteiger partial charge in [-0.1, -0.05) is 0 Å². The van der Waals surface area contributed by atoms with Crippen LogP contribution in [0.3, 0.4) is 0 Å². The van der Waals surface area contributed by atoms with Crippen LogP contribution >= 0.6 is 0 Å². The number of fused-ring (bicyclic) bond motifs is 1. The molecule has 1 unspecified atom stereocenters. The summed E-state index contributed by atoms with van der Waals surface area (Å²) in [6.07, 6.45) is 5.29. The van der Waals surface area contributed by atoms with Crippen LogP contribution in [0.5, 0.6) is 0 Å². The number of hydrogen-bond acceptors (Lipinski definition) is 4. The van der Waals surface area contributed by atoms with E-state index in [4.69, 9.17) is 4.98 Å². The van der Waals surface area contributed by atoms with E-state index in [1.54, 1.807) is 0 Å². The maximum absolute atomic E-state index is 9.27. The Hall–Kier alpha value is -0.910. The second-order valence-electron chi connectivity index (χ2n) is 6.28. The normalized spacial score (nSPS) is 24.8. The molecule has 3 heterocycles. The molecule has 1 saturated heterocycles. The van der Waals surface area contributed by atoms with Gasteiger partial charge in [0, 0.05) is 64.9 Å². The Morgan fingerprint density at radius 1 is 1.25 bits per heavy atom. The number of piperazine rings is 1. The Balaban J connectivity index is 1.53. The van der Waals surface area contributed by atoms with E-state index in [1.807, 2.05) is 0 Å². The highest BCUT2D eigenvalue weighted by Gasteiger charge is 2.20. The largest absolute Gasteiger partial charge is 0.396 e. The Bertz CT molecular complexity index is 437. The van der Waals surface area contributed by atoms with E-state index in [-0.39, 0.29) is 0 Å². The van der Waals surface area contributed by atoms with Crippen molar-refractivity contribution < 1.29 is 5.11 Å². The van der Waals surface area contributed by atoms with Gasteiger partial charge in [0.05, 0.1) is 5.69 Å². The van der Waals surface area contributed by atoms with Crippen molar-refractivity contribution in [2.75, 3.05) is 46.4 Å². The lowest BCUT2D eigenvalue weighted by Crippen LogP contribution is -2.45. The van der Waals surface area contributed by atoms with Crippen LogP contribution < -0.4 is 0 Å². The van der Waals surface area contributed by atoms with E-state index < -0.39 is 0 Å². The van der Waals surface area contributed by atoms with Gasteiger partial charge in [-0.2, -0.15) is 0 Å². The van der Waals surface area contributed by atoms with Crippen molar-refractivity contribution in [3.63, 3.8) is 0 Å². The molecule has 1 aromatic rings. The first-order valence-corrected chi connectivity index (χ1v) is 7.81. The van der Waals surface area contributed by atoms with Crippen molar-refractivity contribution >= 4 is 0 Å². The molecule has 3 rings (SSSR count). The number of aliphatic hydroxyl groups excluding tert-OH is 1. The minimum atomic E-state index is 0.295. The van der Waals surface area contributed by atoms with Crippen LogP contribution in [0.1, 0.15) is 17.9 Å². The highest BCUT2D eigenvalue weighted by molar-refractivity contribution is 5.07. The molecule has 5 heteroatoms. The smallest absolute Gasteiger partial charge is 0.109 e. The summed E-state index contributed by atoms with van der Waals surface area (Å²) in [6, 6.07) is 0. The third-order valence-electron chi connectivity index (χ3n) is 4.70. The van der Waals surface area contributed by atoms with Gasteiger partial charge in [0.25, 0.3) is 0 Å². The predicted octanol–water partition coefficient (Wildman–Crippen LogP) is 0.228. The van der Waals surface area contributed by atoms with E-state index in [0.29, 0.717) is 12.5 Å². The minimum Gasteiger partial charge on any atom is -0.396 e. The topological polar surface area (TPSA) is 44.5 Å². The predicted molar refractivity (Wildman–Crippen MR) is 78.8 cm³/mol. The molecule has 20 heavy (non-hydrogen) atoms. The number of nitrogens with zero attached hydrogens (tertiary/aromatic N) is 4. The van der Waals surface area contributed by atoms with E-state index >= 15 is 0 Å². The molecule has 0 aliphatic carbocycles. The number of aryl methyl sites for hydroxylation is 1. The van der Waals surface area contributed by atoms with Crippen molar-refractivity contribution in [2.45, 2.75) is 25.8 Å². The molecule has 0 spiro atoms. The first-order chi connectivity index (χ1) is 9.74. The van der Waals surface area contributed by atoms with Crippen LogP contribution in [-0.2, 0) is 19.4 Å². The molecule has 1 fully saturated rings. The van der Waals surface area contributed by atoms with Crippen LogP contribution in [0, 0.1) is 5.92 Å². The molecule has 1 atom stereocenters. The molecule has 2 aliphatic rings. The van der Waals surface area contributed by atoms with Crippen molar-refractivity contribution in [3.05, 3.63) is 17.7 Å². The van der Waals surface area contributed by atoms with Crippen LogP contribution in [0.4, 0.5) is 0 Å². The van der Waals surface area contributed by atoms with Gasteiger partial charge in [0.1, 0.15) is 5.82 Å². The van der Waals surface area contributed by atoms with Crippen molar-refractivity contribution in [1.82, 2.24) is 19.4 Å². The van der Waals surface area contributed by atoms with Crippen LogP contribution in [0.15, 0.2) is 6.20 Å². The molecule has 112 valence electrons. The first kappa shape index (κ1) is 14.0. The summed E-state index contributed by atoms with van der Waals surface area (Å²) in [5, 5.41) is 9.27. The second kappa shape index (κ2) is 6.24. The van der Waals surface area contributed by atoms with Crippen molar-refractivity contribution in [3.8, 4) is 0 Å². The lowest BCUT2D eigenvalue weighted by atomic mass is 9.99. The first-order valence-electron chi connectivity index (χ1n) is 7.81. The molecule has 0 amide bonds. The standard InChI is InChI=1S/C15H26N4O/c1-17-6-8-18(9-7-17)4-3-14-11-19-5-2-13(12-20)10-15(19)16-14/h11,13,20H,2-10,12H2,1H3. The summed E-state index contributed by atoms with van der Waals surface area (Å²) < 4.78 is 2.28. The molecule has 0 saturated carbocycles. The number of hydrogen-bond donors (Lipinski definition) is 1. The molecule has 2 aliphatic heterocycles. The Kier molecular flexibility index (Phi) is 4.38. The number of aliphatic hydroxyl groups is 1. The lowest BCUT2D eigenvalue weighted by Gasteiger charge is -2.32. The summed E-state index contributed by atoms with van der Waals surface area (Å²) in [6.45, 7) is 7.14. The molecule has 0 bridgehead atoms. The van der Waals surface area contributed by atoms with Crippen molar-refractivity contribution in [2.24, 2.45) is 5.92 Å². The molecule has 0 radical (unpaired) electrons. The zero-order chi connectivity index (χ0) is 13.9. The summed E-state index contributed by atoms with van der Waals surface area (Å²) >= 11 is 0. The Labute approximate surface area is 121 Å². The van der Waals surface area contributed by atoms with E-state index in [2.05, 4.69) is 27.6 Å². The molecular formula is C15H26N4O. The fourth-order valence-electron chi connectivity index (χ4n) is 3.17. The quantitative estimate of drug-likeness (QED) is 0.856. The molecule has 0 aromatic carbocycles. The fourth-order valence-corrected chi connectivity index (χ4v) is 3.17. The van der Waals surface area contributed by atoms with E-state index in [9.17, 15) is 5.11 Å². The number of rotatable bonds is 4. The Morgan fingerprint density at radius 2 is 2.05 bits per heavy atom. The summed E-state index contributed by atoms with van der Waals surface area (Å²) in [5.74, 6) is 1.58. The van der Waals surface area contributed by atoms with Crippen LogP contribution in [-0.4, -0.2) is 70.8 Å². The van der Waals surface area contributed by atoms with Gasteiger partial charge >= 0.3 is 0 Å². The highest BCUT2D eigenvalue weighted by atomic mass is 16.3. The average Bonchev–Trinajstić information content (AvgIpc) is 2.88. The van der Waals surface area contributed by atoms with Gasteiger partial charge in [-0.25, -0.2) is 4.98 Å². The maximum Gasteiger partial charge on any atom is 0.109 e. The van der Waals surface area contributed by atoms with Crippen LogP contribution in [0.2, 0.25) is 0 Å². The average molecular weight is 278 g/mol. The van der Waals surface area contributed by atoms with Gasteiger partial charge in [0.15, 0.2) is 0 Å². The number of aromatic nitrogens is 2. The van der Waals surface area contributed by atoms with Gasteiger partial charge in [-0.05, 0) is 19.4 Å². The maximum atomic E-state index is 9.27. The summed E-state index contributed by atoms with van der Waals surface area (Å²) in [5.41, 5.74) is 1.22. The van der Waals surface area contributed by atoms with Crippen LogP contribution in [0.25, 0.3) is 0 Å². The van der Waals surface area contributed by atoms with Gasteiger partial charge < -0.3 is 19.5 Å². The second-order valence-corrected chi connectivity index (χ2v) is 6.28. The molecule has 1 aromatic heterocycles. The third-order valence-corrected chi connectivity index (χ3v) is 4.70. The van der Waals surface area contributed by atoms with E-state index in [1.165, 1.54) is 37.7 Å².